The van der Waals surface area contributed by atoms with E-state index in [1.807, 2.05) is 34.7 Å². The van der Waals surface area contributed by atoms with Crippen molar-refractivity contribution in [1.82, 2.24) is 5.32 Å². The van der Waals surface area contributed by atoms with Crippen molar-refractivity contribution in [3.8, 4) is 0 Å². The van der Waals surface area contributed by atoms with Gasteiger partial charge in [0.05, 0.1) is 8.49 Å². The van der Waals surface area contributed by atoms with Crippen LogP contribution in [-0.2, 0) is 0 Å². The molecule has 0 unspecified atom stereocenters. The zero-order valence-corrected chi connectivity index (χ0v) is 14.1. The molecular weight excluding hydrogens is 381 g/mol. The highest BCUT2D eigenvalue weighted by Gasteiger charge is 2.25. The van der Waals surface area contributed by atoms with Crippen LogP contribution in [0.15, 0.2) is 18.2 Å². The Balaban J connectivity index is 1.55. The largest absolute Gasteiger partial charge is 0.371 e. The highest BCUT2D eigenvalue weighted by atomic mass is 127. The maximum absolute atomic E-state index is 10.9. The number of nitrogens with zero attached hydrogens (tertiary/aromatic N) is 2. The molecule has 0 atom stereocenters. The molecule has 2 aliphatic rings. The number of hydrogen-bond acceptors (Lipinski definition) is 4. The summed E-state index contributed by atoms with van der Waals surface area (Å²) in [5.41, 5.74) is 1.30. The van der Waals surface area contributed by atoms with Gasteiger partial charge < -0.3 is 10.2 Å². The second-order valence-electron chi connectivity index (χ2n) is 6.01. The SMILES string of the molecule is O=[N+]([O-])c1ccc(N2CCC(NCC3CC3)CC2)cc1I. The molecule has 0 radical (unpaired) electrons. The molecule has 0 aromatic heterocycles. The Bertz CT molecular complexity index is 526. The molecule has 1 aromatic rings. The molecule has 6 heteroatoms. The fraction of sp³-hybridized carbons (Fsp3) is 0.600. The number of hydrogen-bond donors (Lipinski definition) is 1. The van der Waals surface area contributed by atoms with Gasteiger partial charge in [0, 0.05) is 30.9 Å². The molecule has 2 fully saturated rings. The van der Waals surface area contributed by atoms with Crippen LogP contribution in [0.2, 0.25) is 0 Å². The van der Waals surface area contributed by atoms with Gasteiger partial charge >= 0.3 is 0 Å². The lowest BCUT2D eigenvalue weighted by Gasteiger charge is -2.34. The number of nitro groups is 1. The van der Waals surface area contributed by atoms with Crippen LogP contribution in [0.5, 0.6) is 0 Å². The second-order valence-corrected chi connectivity index (χ2v) is 7.17. The smallest absolute Gasteiger partial charge is 0.282 e. The van der Waals surface area contributed by atoms with Crippen LogP contribution >= 0.6 is 22.6 Å². The third kappa shape index (κ3) is 3.85. The molecule has 1 aliphatic heterocycles. The fourth-order valence-electron chi connectivity index (χ4n) is 2.84. The minimum atomic E-state index is -0.320. The molecule has 1 N–H and O–H groups in total. The normalized spacial score (nSPS) is 19.8. The van der Waals surface area contributed by atoms with Gasteiger partial charge in [0.15, 0.2) is 0 Å². The van der Waals surface area contributed by atoms with E-state index in [1.165, 1.54) is 19.4 Å². The van der Waals surface area contributed by atoms with Crippen molar-refractivity contribution in [3.05, 3.63) is 31.9 Å². The minimum Gasteiger partial charge on any atom is -0.371 e. The number of nitrogens with one attached hydrogen (secondary N) is 1. The topological polar surface area (TPSA) is 58.4 Å². The van der Waals surface area contributed by atoms with Crippen LogP contribution in [0.4, 0.5) is 11.4 Å². The van der Waals surface area contributed by atoms with Gasteiger partial charge in [-0.1, -0.05) is 0 Å². The fourth-order valence-corrected chi connectivity index (χ4v) is 3.53. The third-order valence-corrected chi connectivity index (χ3v) is 5.24. The zero-order valence-electron chi connectivity index (χ0n) is 11.9. The van der Waals surface area contributed by atoms with Gasteiger partial charge in [-0.05, 0) is 72.9 Å². The maximum atomic E-state index is 10.9. The van der Waals surface area contributed by atoms with Crippen molar-refractivity contribution in [2.24, 2.45) is 5.92 Å². The van der Waals surface area contributed by atoms with E-state index < -0.39 is 0 Å². The molecule has 1 heterocycles. The molecule has 3 rings (SSSR count). The van der Waals surface area contributed by atoms with E-state index in [2.05, 4.69) is 10.2 Å². The first-order chi connectivity index (χ1) is 10.1. The van der Waals surface area contributed by atoms with Crippen molar-refractivity contribution in [1.29, 1.82) is 0 Å². The Kier molecular flexibility index (Phi) is 4.63. The number of anilines is 1. The number of piperidine rings is 1. The Hall–Kier alpha value is -0.890. The molecule has 0 bridgehead atoms. The summed E-state index contributed by atoms with van der Waals surface area (Å²) in [6, 6.07) is 6.06. The van der Waals surface area contributed by atoms with Crippen molar-refractivity contribution in [2.75, 3.05) is 24.5 Å². The van der Waals surface area contributed by atoms with Crippen LogP contribution in [0.1, 0.15) is 25.7 Å². The summed E-state index contributed by atoms with van der Waals surface area (Å²) in [5.74, 6) is 0.930. The van der Waals surface area contributed by atoms with Gasteiger partial charge in [-0.2, -0.15) is 0 Å². The molecule has 21 heavy (non-hydrogen) atoms. The first-order valence-electron chi connectivity index (χ1n) is 7.56. The lowest BCUT2D eigenvalue weighted by molar-refractivity contribution is -0.385. The van der Waals surface area contributed by atoms with Crippen LogP contribution in [0.25, 0.3) is 0 Å². The number of nitro benzene ring substituents is 1. The average Bonchev–Trinajstić information content (AvgIpc) is 3.29. The number of halogens is 1. The van der Waals surface area contributed by atoms with Crippen molar-refractivity contribution < 1.29 is 4.92 Å². The predicted molar refractivity (Wildman–Crippen MR) is 91.8 cm³/mol. The predicted octanol–water partition coefficient (Wildman–Crippen LogP) is 3.17. The Morgan fingerprint density at radius 1 is 1.29 bits per heavy atom. The lowest BCUT2D eigenvalue weighted by Crippen LogP contribution is -2.43. The van der Waals surface area contributed by atoms with E-state index in [9.17, 15) is 10.1 Å². The highest BCUT2D eigenvalue weighted by Crippen LogP contribution is 2.29. The van der Waals surface area contributed by atoms with Gasteiger partial charge in [-0.3, -0.25) is 10.1 Å². The summed E-state index contributed by atoms with van der Waals surface area (Å²) < 4.78 is 0.712. The average molecular weight is 401 g/mol. The molecule has 1 aliphatic carbocycles. The van der Waals surface area contributed by atoms with E-state index in [1.54, 1.807) is 6.07 Å². The molecular formula is C15H20IN3O2. The first kappa shape index (κ1) is 15.0. The summed E-state index contributed by atoms with van der Waals surface area (Å²) in [5, 5.41) is 14.5. The third-order valence-electron chi connectivity index (χ3n) is 4.38. The van der Waals surface area contributed by atoms with Gasteiger partial charge in [0.25, 0.3) is 5.69 Å². The van der Waals surface area contributed by atoms with Crippen molar-refractivity contribution in [3.63, 3.8) is 0 Å². The number of benzene rings is 1. The van der Waals surface area contributed by atoms with Crippen LogP contribution in [-0.4, -0.2) is 30.6 Å². The molecule has 1 saturated heterocycles. The van der Waals surface area contributed by atoms with Gasteiger partial charge in [-0.15, -0.1) is 0 Å². The summed E-state index contributed by atoms with van der Waals surface area (Å²) >= 11 is 2.05. The lowest BCUT2D eigenvalue weighted by atomic mass is 10.0. The summed E-state index contributed by atoms with van der Waals surface area (Å²) in [6.45, 7) is 3.23. The molecule has 1 aromatic carbocycles. The van der Waals surface area contributed by atoms with Crippen LogP contribution < -0.4 is 10.2 Å². The minimum absolute atomic E-state index is 0.195. The summed E-state index contributed by atoms with van der Waals surface area (Å²) in [7, 11) is 0. The monoisotopic (exact) mass is 401 g/mol. The van der Waals surface area contributed by atoms with E-state index in [4.69, 9.17) is 0 Å². The molecule has 0 spiro atoms. The van der Waals surface area contributed by atoms with E-state index >= 15 is 0 Å². The Morgan fingerprint density at radius 2 is 2.00 bits per heavy atom. The number of rotatable bonds is 5. The molecule has 5 nitrogen and oxygen atoms in total. The Morgan fingerprint density at radius 3 is 2.57 bits per heavy atom. The van der Waals surface area contributed by atoms with E-state index in [0.29, 0.717) is 9.61 Å². The Labute approximate surface area is 138 Å². The molecule has 1 saturated carbocycles. The van der Waals surface area contributed by atoms with Crippen LogP contribution in [0, 0.1) is 19.6 Å². The van der Waals surface area contributed by atoms with Crippen molar-refractivity contribution in [2.45, 2.75) is 31.7 Å². The zero-order chi connectivity index (χ0) is 14.8. The van der Waals surface area contributed by atoms with Crippen LogP contribution in [0.3, 0.4) is 0 Å². The quantitative estimate of drug-likeness (QED) is 0.468. The summed E-state index contributed by atoms with van der Waals surface area (Å²) in [4.78, 5) is 12.9. The maximum Gasteiger partial charge on any atom is 0.282 e. The highest BCUT2D eigenvalue weighted by molar-refractivity contribution is 14.1. The van der Waals surface area contributed by atoms with E-state index in [-0.39, 0.29) is 10.6 Å². The standard InChI is InChI=1S/C15H20IN3O2/c16-14-9-13(3-4-15(14)19(20)21)18-7-5-12(6-8-18)17-10-11-1-2-11/h3-4,9,11-12,17H,1-2,5-8,10H2. The molecule has 0 amide bonds. The second kappa shape index (κ2) is 6.48. The van der Waals surface area contributed by atoms with Gasteiger partial charge in [-0.25, -0.2) is 0 Å². The first-order valence-corrected chi connectivity index (χ1v) is 8.63. The van der Waals surface area contributed by atoms with E-state index in [0.717, 1.165) is 37.5 Å². The summed E-state index contributed by atoms with van der Waals surface area (Å²) in [6.07, 6.45) is 5.10. The van der Waals surface area contributed by atoms with Gasteiger partial charge in [0.2, 0.25) is 0 Å². The van der Waals surface area contributed by atoms with Gasteiger partial charge in [0.1, 0.15) is 0 Å². The molecule has 114 valence electrons. The van der Waals surface area contributed by atoms with Crippen molar-refractivity contribution >= 4 is 34.0 Å².